The lowest BCUT2D eigenvalue weighted by atomic mass is 9.79. The molecule has 2 N–H and O–H groups in total. The number of nitrogens with one attached hydrogen (secondary N) is 1. The Morgan fingerprint density at radius 2 is 2.00 bits per heavy atom. The third-order valence-corrected chi connectivity index (χ3v) is 5.59. The normalized spacial score (nSPS) is 18.2. The number of hydrazone groups is 1. The van der Waals surface area contributed by atoms with E-state index in [9.17, 15) is 9.90 Å². The average Bonchev–Trinajstić information content (AvgIpc) is 2.62. The first kappa shape index (κ1) is 19.9. The van der Waals surface area contributed by atoms with Gasteiger partial charge in [-0.05, 0) is 93.1 Å². The average molecular weight is 380 g/mol. The second-order valence-electron chi connectivity index (χ2n) is 8.18. The summed E-state index contributed by atoms with van der Waals surface area (Å²) in [5.41, 5.74) is 7.92. The highest BCUT2D eigenvalue weighted by molar-refractivity contribution is 5.95. The largest absolute Gasteiger partial charge is 0.508 e. The van der Waals surface area contributed by atoms with Crippen molar-refractivity contribution < 1.29 is 9.90 Å². The Balaban J connectivity index is 1.82. The zero-order chi connectivity index (χ0) is 20.5. The van der Waals surface area contributed by atoms with Crippen LogP contribution in [0.25, 0.3) is 0 Å². The summed E-state index contributed by atoms with van der Waals surface area (Å²) >= 11 is 0. The van der Waals surface area contributed by atoms with Crippen molar-refractivity contribution in [3.05, 3.63) is 58.7 Å². The summed E-state index contributed by atoms with van der Waals surface area (Å²) in [6.07, 6.45) is 2.81. The summed E-state index contributed by atoms with van der Waals surface area (Å²) in [6, 6.07) is 10.5. The maximum absolute atomic E-state index is 12.2. The lowest BCUT2D eigenvalue weighted by Crippen LogP contribution is -2.48. The number of anilines is 1. The van der Waals surface area contributed by atoms with E-state index in [1.54, 1.807) is 18.3 Å². The molecular weight excluding hydrogens is 350 g/mol. The molecular formula is C23H29N3O2. The van der Waals surface area contributed by atoms with Crippen molar-refractivity contribution in [3.8, 4) is 5.75 Å². The first-order valence-electron chi connectivity index (χ1n) is 9.77. The molecule has 1 aliphatic rings. The van der Waals surface area contributed by atoms with Crippen molar-refractivity contribution in [1.29, 1.82) is 0 Å². The van der Waals surface area contributed by atoms with Crippen LogP contribution in [0.1, 0.15) is 67.1 Å². The molecule has 2 aromatic carbocycles. The lowest BCUT2D eigenvalue weighted by molar-refractivity contribution is 0.0955. The summed E-state index contributed by atoms with van der Waals surface area (Å²) in [7, 11) is 0. The van der Waals surface area contributed by atoms with E-state index in [1.165, 1.54) is 23.4 Å². The topological polar surface area (TPSA) is 64.9 Å². The van der Waals surface area contributed by atoms with Crippen LogP contribution in [-0.2, 0) is 0 Å². The maximum Gasteiger partial charge on any atom is 0.271 e. The van der Waals surface area contributed by atoms with Gasteiger partial charge in [0.2, 0.25) is 0 Å². The van der Waals surface area contributed by atoms with Crippen LogP contribution in [0, 0.1) is 6.92 Å². The van der Waals surface area contributed by atoms with Crippen LogP contribution in [0.2, 0.25) is 0 Å². The Labute approximate surface area is 167 Å². The van der Waals surface area contributed by atoms with Crippen LogP contribution in [0.5, 0.6) is 5.75 Å². The summed E-state index contributed by atoms with van der Waals surface area (Å²) in [4.78, 5) is 14.6. The van der Waals surface area contributed by atoms with E-state index in [2.05, 4.69) is 62.2 Å². The number of hydrogen-bond acceptors (Lipinski definition) is 4. The fourth-order valence-electron chi connectivity index (χ4n) is 4.23. The Kier molecular flexibility index (Phi) is 5.45. The third kappa shape index (κ3) is 3.88. The number of fused-ring (bicyclic) bond motifs is 1. The van der Waals surface area contributed by atoms with Crippen molar-refractivity contribution in [2.45, 2.75) is 52.5 Å². The van der Waals surface area contributed by atoms with E-state index in [0.717, 1.165) is 24.1 Å². The molecule has 0 aliphatic carbocycles. The molecule has 1 aliphatic heterocycles. The van der Waals surface area contributed by atoms with Crippen LogP contribution in [-0.4, -0.2) is 29.3 Å². The molecule has 0 bridgehead atoms. The van der Waals surface area contributed by atoms with Gasteiger partial charge in [-0.3, -0.25) is 4.79 Å². The van der Waals surface area contributed by atoms with Crippen molar-refractivity contribution in [2.24, 2.45) is 5.10 Å². The van der Waals surface area contributed by atoms with Gasteiger partial charge in [-0.15, -0.1) is 0 Å². The lowest BCUT2D eigenvalue weighted by Gasteiger charge is -2.47. The van der Waals surface area contributed by atoms with Crippen molar-refractivity contribution in [1.82, 2.24) is 5.43 Å². The molecule has 0 saturated carbocycles. The van der Waals surface area contributed by atoms with E-state index in [-0.39, 0.29) is 17.2 Å². The number of phenolic OH excluding ortho intramolecular Hbond substituents is 1. The molecule has 2 aromatic rings. The number of phenols is 1. The molecule has 0 spiro atoms. The van der Waals surface area contributed by atoms with Gasteiger partial charge >= 0.3 is 0 Å². The quantitative estimate of drug-likeness (QED) is 0.604. The molecule has 1 unspecified atom stereocenters. The van der Waals surface area contributed by atoms with Crippen molar-refractivity contribution in [2.75, 3.05) is 11.4 Å². The van der Waals surface area contributed by atoms with Gasteiger partial charge in [0.25, 0.3) is 5.91 Å². The fraction of sp³-hybridized carbons (Fsp3) is 0.391. The number of rotatable bonds is 4. The second-order valence-corrected chi connectivity index (χ2v) is 8.18. The number of carbonyl (C=O) groups is 1. The summed E-state index contributed by atoms with van der Waals surface area (Å²) in [5, 5.41) is 13.5. The summed E-state index contributed by atoms with van der Waals surface area (Å²) < 4.78 is 0. The monoisotopic (exact) mass is 379 g/mol. The van der Waals surface area contributed by atoms with Gasteiger partial charge in [0.15, 0.2) is 0 Å². The smallest absolute Gasteiger partial charge is 0.271 e. The standard InChI is InChI=1S/C23H29N3O2/c1-6-26-21-11-15(2)18(12-20(21)16(3)13-23(26,4)5)14-24-25-22(28)17-7-9-19(27)10-8-17/h7-12,14,16,27H,6,13H2,1-5H3,(H,25,28)/b24-14+. The first-order chi connectivity index (χ1) is 13.2. The zero-order valence-electron chi connectivity index (χ0n) is 17.3. The molecule has 3 rings (SSSR count). The maximum atomic E-state index is 12.2. The number of nitrogens with zero attached hydrogens (tertiary/aromatic N) is 2. The predicted molar refractivity (Wildman–Crippen MR) is 114 cm³/mol. The van der Waals surface area contributed by atoms with Crippen LogP contribution in [0.3, 0.4) is 0 Å². The molecule has 1 heterocycles. The van der Waals surface area contributed by atoms with Crippen LogP contribution in [0.4, 0.5) is 5.69 Å². The number of aryl methyl sites for hydroxylation is 1. The Morgan fingerprint density at radius 3 is 2.64 bits per heavy atom. The molecule has 28 heavy (non-hydrogen) atoms. The van der Waals surface area contributed by atoms with E-state index in [1.807, 2.05) is 0 Å². The third-order valence-electron chi connectivity index (χ3n) is 5.59. The number of aromatic hydroxyl groups is 1. The minimum Gasteiger partial charge on any atom is -0.508 e. The number of carbonyl (C=O) groups excluding carboxylic acids is 1. The molecule has 5 heteroatoms. The number of hydrogen-bond donors (Lipinski definition) is 2. The van der Waals surface area contributed by atoms with Gasteiger partial charge in [0.05, 0.1) is 6.21 Å². The molecule has 0 fully saturated rings. The van der Waals surface area contributed by atoms with Crippen LogP contribution < -0.4 is 10.3 Å². The fourth-order valence-corrected chi connectivity index (χ4v) is 4.23. The number of benzene rings is 2. The van der Waals surface area contributed by atoms with Gasteiger partial charge < -0.3 is 10.0 Å². The van der Waals surface area contributed by atoms with Crippen molar-refractivity contribution >= 4 is 17.8 Å². The van der Waals surface area contributed by atoms with E-state index >= 15 is 0 Å². The first-order valence-corrected chi connectivity index (χ1v) is 9.77. The Morgan fingerprint density at radius 1 is 1.32 bits per heavy atom. The van der Waals surface area contributed by atoms with Gasteiger partial charge in [0.1, 0.15) is 5.75 Å². The highest BCUT2D eigenvalue weighted by Gasteiger charge is 2.35. The van der Waals surface area contributed by atoms with E-state index < -0.39 is 0 Å². The van der Waals surface area contributed by atoms with Gasteiger partial charge in [-0.2, -0.15) is 5.10 Å². The molecule has 1 atom stereocenters. The molecule has 0 aromatic heterocycles. The highest BCUT2D eigenvalue weighted by atomic mass is 16.3. The van der Waals surface area contributed by atoms with Crippen LogP contribution in [0.15, 0.2) is 41.5 Å². The van der Waals surface area contributed by atoms with E-state index in [4.69, 9.17) is 0 Å². The van der Waals surface area contributed by atoms with Gasteiger partial charge in [-0.1, -0.05) is 6.92 Å². The summed E-state index contributed by atoms with van der Waals surface area (Å²) in [5.74, 6) is 0.287. The highest BCUT2D eigenvalue weighted by Crippen LogP contribution is 2.43. The molecule has 0 saturated heterocycles. The molecule has 5 nitrogen and oxygen atoms in total. The van der Waals surface area contributed by atoms with Gasteiger partial charge in [-0.25, -0.2) is 5.43 Å². The van der Waals surface area contributed by atoms with Gasteiger partial charge in [0, 0.05) is 23.3 Å². The minimum absolute atomic E-state index is 0.128. The number of amides is 1. The second kappa shape index (κ2) is 7.66. The SMILES string of the molecule is CCN1c2cc(C)c(/C=N/NC(=O)c3ccc(O)cc3)cc2C(C)CC1(C)C. The zero-order valence-corrected chi connectivity index (χ0v) is 17.3. The molecule has 1 amide bonds. The molecule has 0 radical (unpaired) electrons. The van der Waals surface area contributed by atoms with Crippen molar-refractivity contribution in [3.63, 3.8) is 0 Å². The van der Waals surface area contributed by atoms with E-state index in [0.29, 0.717) is 11.5 Å². The summed E-state index contributed by atoms with van der Waals surface area (Å²) in [6.45, 7) is 12.1. The Bertz CT molecular complexity index is 901. The Hall–Kier alpha value is -2.82. The predicted octanol–water partition coefficient (Wildman–Crippen LogP) is 4.58. The molecule has 148 valence electrons. The van der Waals surface area contributed by atoms with Crippen LogP contribution >= 0.6 is 0 Å². The minimum atomic E-state index is -0.306.